The molecule has 26 heavy (non-hydrogen) atoms. The highest BCUT2D eigenvalue weighted by atomic mass is 32.2. The number of carbonyl (C=O) groups is 1. The molecule has 1 aliphatic heterocycles. The lowest BCUT2D eigenvalue weighted by Crippen LogP contribution is -2.36. The van der Waals surface area contributed by atoms with Crippen molar-refractivity contribution in [1.82, 2.24) is 14.1 Å². The van der Waals surface area contributed by atoms with Crippen molar-refractivity contribution in [2.45, 2.75) is 19.9 Å². The fourth-order valence-electron chi connectivity index (χ4n) is 2.98. The lowest BCUT2D eigenvalue weighted by Gasteiger charge is -2.25. The minimum Gasteiger partial charge on any atom is -0.497 e. The Hall–Kier alpha value is -2.39. The van der Waals surface area contributed by atoms with Gasteiger partial charge in [0.25, 0.3) is 0 Å². The van der Waals surface area contributed by atoms with Crippen LogP contribution in [-0.4, -0.2) is 55.0 Å². The molecule has 3 rings (SSSR count). The van der Waals surface area contributed by atoms with E-state index in [1.807, 2.05) is 12.1 Å². The summed E-state index contributed by atoms with van der Waals surface area (Å²) in [6.07, 6.45) is 1.62. The second kappa shape index (κ2) is 7.08. The minimum atomic E-state index is -3.36. The number of benzene rings is 1. The number of methoxy groups -OCH3 is 1. The van der Waals surface area contributed by atoms with Gasteiger partial charge in [-0.3, -0.25) is 0 Å². The van der Waals surface area contributed by atoms with E-state index in [2.05, 4.69) is 5.10 Å². The Balaban J connectivity index is 2.08. The molecule has 0 radical (unpaired) electrons. The lowest BCUT2D eigenvalue weighted by atomic mass is 10.1. The quantitative estimate of drug-likeness (QED) is 0.729. The van der Waals surface area contributed by atoms with Crippen molar-refractivity contribution in [2.24, 2.45) is 0 Å². The largest absolute Gasteiger partial charge is 0.497 e. The van der Waals surface area contributed by atoms with Crippen molar-refractivity contribution in [2.75, 3.05) is 26.5 Å². The van der Waals surface area contributed by atoms with E-state index in [0.29, 0.717) is 24.3 Å². The van der Waals surface area contributed by atoms with Crippen LogP contribution in [-0.2, 0) is 27.7 Å². The van der Waals surface area contributed by atoms with Crippen LogP contribution in [0.25, 0.3) is 5.69 Å². The van der Waals surface area contributed by atoms with E-state index >= 15 is 0 Å². The molecule has 2 aromatic rings. The van der Waals surface area contributed by atoms with Gasteiger partial charge in [-0.2, -0.15) is 9.40 Å². The summed E-state index contributed by atoms with van der Waals surface area (Å²) >= 11 is 0. The molecule has 0 saturated heterocycles. The Labute approximate surface area is 152 Å². The summed E-state index contributed by atoms with van der Waals surface area (Å²) in [5.41, 5.74) is 2.34. The smallest absolute Gasteiger partial charge is 0.359 e. The first-order chi connectivity index (χ1) is 12.3. The molecule has 0 saturated carbocycles. The molecule has 0 bridgehead atoms. The molecule has 1 aromatic heterocycles. The van der Waals surface area contributed by atoms with Gasteiger partial charge in [-0.1, -0.05) is 0 Å². The number of hydrogen-bond acceptors (Lipinski definition) is 6. The van der Waals surface area contributed by atoms with E-state index in [1.54, 1.807) is 30.8 Å². The minimum absolute atomic E-state index is 0.110. The number of esters is 1. The van der Waals surface area contributed by atoms with Crippen LogP contribution >= 0.6 is 0 Å². The highest BCUT2D eigenvalue weighted by molar-refractivity contribution is 7.88. The third-order valence-corrected chi connectivity index (χ3v) is 5.53. The summed E-state index contributed by atoms with van der Waals surface area (Å²) in [6, 6.07) is 7.28. The molecular formula is C17H21N3O5S. The maximum absolute atomic E-state index is 12.3. The average molecular weight is 379 g/mol. The van der Waals surface area contributed by atoms with E-state index in [4.69, 9.17) is 9.47 Å². The van der Waals surface area contributed by atoms with Crippen molar-refractivity contribution < 1.29 is 22.7 Å². The standard InChI is InChI=1S/C17H21N3O5S/c1-4-25-17(21)16-14-11-19(26(3,22)23)10-9-15(14)20(18-16)12-5-7-13(24-2)8-6-12/h5-8H,4,9-11H2,1-3H3. The Morgan fingerprint density at radius 1 is 1.27 bits per heavy atom. The maximum Gasteiger partial charge on any atom is 0.359 e. The molecule has 8 nitrogen and oxygen atoms in total. The van der Waals surface area contributed by atoms with Gasteiger partial charge >= 0.3 is 5.97 Å². The molecule has 140 valence electrons. The van der Waals surface area contributed by atoms with E-state index in [-0.39, 0.29) is 18.8 Å². The molecule has 0 aliphatic carbocycles. The number of rotatable bonds is 5. The molecule has 0 unspecified atom stereocenters. The molecule has 0 amide bonds. The van der Waals surface area contributed by atoms with Crippen LogP contribution in [0.5, 0.6) is 5.75 Å². The predicted molar refractivity (Wildman–Crippen MR) is 95.0 cm³/mol. The zero-order valence-electron chi connectivity index (χ0n) is 14.9. The van der Waals surface area contributed by atoms with Crippen molar-refractivity contribution in [3.63, 3.8) is 0 Å². The normalized spacial score (nSPS) is 14.7. The van der Waals surface area contributed by atoms with Gasteiger partial charge in [0.15, 0.2) is 5.69 Å². The fraction of sp³-hybridized carbons (Fsp3) is 0.412. The Bertz CT molecular complexity index is 919. The average Bonchev–Trinajstić information content (AvgIpc) is 3.00. The zero-order valence-corrected chi connectivity index (χ0v) is 15.7. The highest BCUT2D eigenvalue weighted by Crippen LogP contribution is 2.27. The van der Waals surface area contributed by atoms with Crippen LogP contribution in [0.3, 0.4) is 0 Å². The van der Waals surface area contributed by atoms with Crippen LogP contribution < -0.4 is 4.74 Å². The molecule has 0 spiro atoms. The fourth-order valence-corrected chi connectivity index (χ4v) is 3.76. The van der Waals surface area contributed by atoms with Gasteiger partial charge in [0.1, 0.15) is 5.75 Å². The van der Waals surface area contributed by atoms with Crippen molar-refractivity contribution in [1.29, 1.82) is 0 Å². The second-order valence-electron chi connectivity index (χ2n) is 5.95. The molecule has 2 heterocycles. The number of nitrogens with zero attached hydrogens (tertiary/aromatic N) is 3. The van der Waals surface area contributed by atoms with Crippen molar-refractivity contribution >= 4 is 16.0 Å². The monoisotopic (exact) mass is 379 g/mol. The van der Waals surface area contributed by atoms with Crippen LogP contribution in [0, 0.1) is 0 Å². The molecule has 0 N–H and O–H groups in total. The number of aromatic nitrogens is 2. The van der Waals surface area contributed by atoms with Crippen LogP contribution in [0.4, 0.5) is 0 Å². The van der Waals surface area contributed by atoms with Crippen LogP contribution in [0.1, 0.15) is 28.7 Å². The number of ether oxygens (including phenoxy) is 2. The summed E-state index contributed by atoms with van der Waals surface area (Å²) in [7, 11) is -1.77. The van der Waals surface area contributed by atoms with Gasteiger partial charge in [-0.05, 0) is 31.2 Å². The van der Waals surface area contributed by atoms with E-state index in [0.717, 1.165) is 17.6 Å². The van der Waals surface area contributed by atoms with Gasteiger partial charge in [-0.15, -0.1) is 0 Å². The van der Waals surface area contributed by atoms with Crippen molar-refractivity contribution in [3.8, 4) is 11.4 Å². The predicted octanol–water partition coefficient (Wildman–Crippen LogP) is 1.38. The zero-order chi connectivity index (χ0) is 18.9. The molecular weight excluding hydrogens is 358 g/mol. The maximum atomic E-state index is 12.3. The molecule has 1 aliphatic rings. The van der Waals surface area contributed by atoms with Gasteiger partial charge in [0.2, 0.25) is 10.0 Å². The number of sulfonamides is 1. The molecule has 0 atom stereocenters. The highest BCUT2D eigenvalue weighted by Gasteiger charge is 2.32. The Morgan fingerprint density at radius 2 is 1.96 bits per heavy atom. The van der Waals surface area contributed by atoms with E-state index in [9.17, 15) is 13.2 Å². The first-order valence-corrected chi connectivity index (χ1v) is 10.1. The topological polar surface area (TPSA) is 90.7 Å². The Morgan fingerprint density at radius 3 is 2.54 bits per heavy atom. The van der Waals surface area contributed by atoms with E-state index < -0.39 is 16.0 Å². The summed E-state index contributed by atoms with van der Waals surface area (Å²) in [5.74, 6) is 0.162. The first-order valence-electron chi connectivity index (χ1n) is 8.22. The second-order valence-corrected chi connectivity index (χ2v) is 7.93. The molecule has 1 aromatic carbocycles. The van der Waals surface area contributed by atoms with Crippen LogP contribution in [0.15, 0.2) is 24.3 Å². The molecule has 9 heteroatoms. The summed E-state index contributed by atoms with van der Waals surface area (Å²) < 4.78 is 37.1. The number of carbonyl (C=O) groups excluding carboxylic acids is 1. The van der Waals surface area contributed by atoms with Gasteiger partial charge in [0, 0.05) is 25.1 Å². The van der Waals surface area contributed by atoms with Gasteiger partial charge < -0.3 is 9.47 Å². The number of hydrogen-bond donors (Lipinski definition) is 0. The third kappa shape index (κ3) is 3.45. The Kier molecular flexibility index (Phi) is 5.01. The SMILES string of the molecule is CCOC(=O)c1nn(-c2ccc(OC)cc2)c2c1CN(S(C)(=O)=O)CC2. The van der Waals surface area contributed by atoms with Gasteiger partial charge in [-0.25, -0.2) is 17.9 Å². The van der Waals surface area contributed by atoms with E-state index in [1.165, 1.54) is 4.31 Å². The summed E-state index contributed by atoms with van der Waals surface area (Å²) in [6.45, 7) is 2.39. The van der Waals surface area contributed by atoms with Crippen molar-refractivity contribution in [3.05, 3.63) is 41.2 Å². The first kappa shape index (κ1) is 18.4. The summed E-state index contributed by atoms with van der Waals surface area (Å²) in [5, 5.41) is 4.43. The number of fused-ring (bicyclic) bond motifs is 1. The van der Waals surface area contributed by atoms with Crippen LogP contribution in [0.2, 0.25) is 0 Å². The van der Waals surface area contributed by atoms with Gasteiger partial charge in [0.05, 0.1) is 31.4 Å². The third-order valence-electron chi connectivity index (χ3n) is 4.28. The lowest BCUT2D eigenvalue weighted by molar-refractivity contribution is 0.0517. The summed E-state index contributed by atoms with van der Waals surface area (Å²) in [4.78, 5) is 12.3. The molecule has 0 fully saturated rings.